The highest BCUT2D eigenvalue weighted by Gasteiger charge is 2.10. The molecule has 5 nitrogen and oxygen atoms in total. The number of carbonyl (C=O) groups is 1. The number of ether oxygens (including phenoxy) is 1. The Kier molecular flexibility index (Phi) is 5.18. The molecule has 0 saturated heterocycles. The molecule has 1 aromatic heterocycles. The van der Waals surface area contributed by atoms with Gasteiger partial charge in [0.1, 0.15) is 10.8 Å². The number of rotatable bonds is 6. The minimum atomic E-state index is -0.249. The molecular formula is C18H17N3O2S. The largest absolute Gasteiger partial charge is 0.483 e. The molecular weight excluding hydrogens is 322 g/mol. The lowest BCUT2D eigenvalue weighted by atomic mass is 10.2. The van der Waals surface area contributed by atoms with Gasteiger partial charge in [-0.15, -0.1) is 10.2 Å². The van der Waals surface area contributed by atoms with E-state index < -0.39 is 0 Å². The van der Waals surface area contributed by atoms with Gasteiger partial charge in [0.25, 0.3) is 5.91 Å². The molecule has 0 bridgehead atoms. The molecule has 1 amide bonds. The predicted octanol–water partition coefficient (Wildman–Crippen LogP) is 3.45. The fraction of sp³-hybridized carbons (Fsp3) is 0.167. The number of para-hydroxylation sites is 1. The van der Waals surface area contributed by atoms with Gasteiger partial charge in [0.05, 0.1) is 0 Å². The molecule has 1 N–H and O–H groups in total. The second kappa shape index (κ2) is 7.70. The van der Waals surface area contributed by atoms with Crippen LogP contribution >= 0.6 is 11.3 Å². The van der Waals surface area contributed by atoms with E-state index in [2.05, 4.69) is 15.5 Å². The highest BCUT2D eigenvalue weighted by Crippen LogP contribution is 2.19. The van der Waals surface area contributed by atoms with E-state index in [1.165, 1.54) is 11.3 Å². The number of anilines is 1. The Morgan fingerprint density at radius 3 is 2.62 bits per heavy atom. The molecule has 1 heterocycles. The zero-order valence-electron chi connectivity index (χ0n) is 13.2. The van der Waals surface area contributed by atoms with E-state index in [0.717, 1.165) is 16.1 Å². The minimum absolute atomic E-state index is 0.0571. The maximum Gasteiger partial charge on any atom is 0.264 e. The van der Waals surface area contributed by atoms with E-state index in [1.54, 1.807) is 0 Å². The van der Waals surface area contributed by atoms with Crippen LogP contribution in [0.1, 0.15) is 16.1 Å². The monoisotopic (exact) mass is 339 g/mol. The summed E-state index contributed by atoms with van der Waals surface area (Å²) in [6.07, 6.45) is 0.702. The predicted molar refractivity (Wildman–Crippen MR) is 94.5 cm³/mol. The first-order valence-corrected chi connectivity index (χ1v) is 8.37. The molecule has 0 spiro atoms. The molecule has 0 unspecified atom stereocenters. The molecule has 0 radical (unpaired) electrons. The number of hydrogen-bond donors (Lipinski definition) is 1. The fourth-order valence-corrected chi connectivity index (χ4v) is 2.95. The van der Waals surface area contributed by atoms with Crippen molar-refractivity contribution in [2.75, 3.05) is 11.9 Å². The fourth-order valence-electron chi connectivity index (χ4n) is 2.16. The van der Waals surface area contributed by atoms with Gasteiger partial charge in [-0.05, 0) is 24.1 Å². The minimum Gasteiger partial charge on any atom is -0.483 e. The molecule has 3 rings (SSSR count). The highest BCUT2D eigenvalue weighted by molar-refractivity contribution is 7.15. The summed E-state index contributed by atoms with van der Waals surface area (Å²) in [4.78, 5) is 12.0. The Morgan fingerprint density at radius 2 is 1.83 bits per heavy atom. The van der Waals surface area contributed by atoms with Crippen molar-refractivity contribution in [3.8, 4) is 5.75 Å². The molecule has 0 fully saturated rings. The summed E-state index contributed by atoms with van der Waals surface area (Å²) in [7, 11) is 0. The lowest BCUT2D eigenvalue weighted by molar-refractivity contribution is -0.118. The molecule has 0 aliphatic heterocycles. The molecule has 0 aliphatic carbocycles. The summed E-state index contributed by atoms with van der Waals surface area (Å²) >= 11 is 1.37. The lowest BCUT2D eigenvalue weighted by Crippen LogP contribution is -2.20. The SMILES string of the molecule is Cc1ccccc1OCC(=O)Nc1nnc(Cc2ccccc2)s1. The molecule has 0 atom stereocenters. The van der Waals surface area contributed by atoms with Crippen LogP contribution in [0.4, 0.5) is 5.13 Å². The molecule has 3 aromatic rings. The van der Waals surface area contributed by atoms with Crippen molar-refractivity contribution in [1.29, 1.82) is 0 Å². The van der Waals surface area contributed by atoms with Crippen molar-refractivity contribution in [3.05, 3.63) is 70.7 Å². The van der Waals surface area contributed by atoms with Gasteiger partial charge in [0, 0.05) is 6.42 Å². The third-order valence-electron chi connectivity index (χ3n) is 3.36. The zero-order chi connectivity index (χ0) is 16.8. The van der Waals surface area contributed by atoms with Gasteiger partial charge in [0.2, 0.25) is 5.13 Å². The first-order valence-electron chi connectivity index (χ1n) is 7.55. The number of aromatic nitrogens is 2. The van der Waals surface area contributed by atoms with Gasteiger partial charge < -0.3 is 4.74 Å². The lowest BCUT2D eigenvalue weighted by Gasteiger charge is -2.07. The van der Waals surface area contributed by atoms with Crippen LogP contribution in [-0.4, -0.2) is 22.7 Å². The summed E-state index contributed by atoms with van der Waals surface area (Å²) in [5.74, 6) is 0.454. The summed E-state index contributed by atoms with van der Waals surface area (Å²) in [6, 6.07) is 17.6. The van der Waals surface area contributed by atoms with Crippen LogP contribution in [0.5, 0.6) is 5.75 Å². The van der Waals surface area contributed by atoms with Gasteiger partial charge in [-0.2, -0.15) is 0 Å². The standard InChI is InChI=1S/C18H17N3O2S/c1-13-7-5-6-10-15(13)23-12-16(22)19-18-21-20-17(24-18)11-14-8-3-2-4-9-14/h2-10H,11-12H2,1H3,(H,19,21,22). The van der Waals surface area contributed by atoms with E-state index in [-0.39, 0.29) is 12.5 Å². The molecule has 0 aliphatic rings. The molecule has 24 heavy (non-hydrogen) atoms. The number of nitrogens with zero attached hydrogens (tertiary/aromatic N) is 2. The van der Waals surface area contributed by atoms with E-state index in [1.807, 2.05) is 61.5 Å². The Hall–Kier alpha value is -2.73. The van der Waals surface area contributed by atoms with Crippen LogP contribution in [0.25, 0.3) is 0 Å². The van der Waals surface area contributed by atoms with Crippen molar-refractivity contribution in [1.82, 2.24) is 10.2 Å². The van der Waals surface area contributed by atoms with Crippen molar-refractivity contribution in [3.63, 3.8) is 0 Å². The Labute approximate surface area is 144 Å². The normalized spacial score (nSPS) is 10.4. The van der Waals surface area contributed by atoms with Crippen LogP contribution in [0.3, 0.4) is 0 Å². The van der Waals surface area contributed by atoms with Gasteiger partial charge in [-0.1, -0.05) is 59.9 Å². The highest BCUT2D eigenvalue weighted by atomic mass is 32.1. The number of benzene rings is 2. The Bertz CT molecular complexity index is 818. The van der Waals surface area contributed by atoms with E-state index in [0.29, 0.717) is 17.3 Å². The van der Waals surface area contributed by atoms with Crippen LogP contribution in [-0.2, 0) is 11.2 Å². The summed E-state index contributed by atoms with van der Waals surface area (Å²) in [5, 5.41) is 12.2. The third kappa shape index (κ3) is 4.39. The zero-order valence-corrected chi connectivity index (χ0v) is 14.0. The van der Waals surface area contributed by atoms with Crippen molar-refractivity contribution < 1.29 is 9.53 Å². The summed E-state index contributed by atoms with van der Waals surface area (Å²) in [6.45, 7) is 1.88. The van der Waals surface area contributed by atoms with E-state index in [4.69, 9.17) is 4.74 Å². The number of aryl methyl sites for hydroxylation is 1. The topological polar surface area (TPSA) is 64.1 Å². The van der Waals surface area contributed by atoms with Crippen LogP contribution < -0.4 is 10.1 Å². The Morgan fingerprint density at radius 1 is 1.08 bits per heavy atom. The van der Waals surface area contributed by atoms with E-state index in [9.17, 15) is 4.79 Å². The van der Waals surface area contributed by atoms with E-state index >= 15 is 0 Å². The first-order chi connectivity index (χ1) is 11.7. The Balaban J connectivity index is 1.53. The molecule has 2 aromatic carbocycles. The third-order valence-corrected chi connectivity index (χ3v) is 4.20. The molecule has 0 saturated carbocycles. The van der Waals surface area contributed by atoms with Crippen molar-refractivity contribution in [2.45, 2.75) is 13.3 Å². The number of carbonyl (C=O) groups excluding carboxylic acids is 1. The maximum absolute atomic E-state index is 12.0. The van der Waals surface area contributed by atoms with Crippen LogP contribution in [0, 0.1) is 6.92 Å². The van der Waals surface area contributed by atoms with Crippen LogP contribution in [0.2, 0.25) is 0 Å². The summed E-state index contributed by atoms with van der Waals surface area (Å²) in [5.41, 5.74) is 2.15. The average molecular weight is 339 g/mol. The number of nitrogens with one attached hydrogen (secondary N) is 1. The van der Waals surface area contributed by atoms with Crippen molar-refractivity contribution in [2.24, 2.45) is 0 Å². The average Bonchev–Trinajstić information content (AvgIpc) is 3.02. The van der Waals surface area contributed by atoms with Gasteiger partial charge in [0.15, 0.2) is 6.61 Å². The van der Waals surface area contributed by atoms with Gasteiger partial charge >= 0.3 is 0 Å². The van der Waals surface area contributed by atoms with Crippen LogP contribution in [0.15, 0.2) is 54.6 Å². The second-order valence-electron chi connectivity index (χ2n) is 5.27. The van der Waals surface area contributed by atoms with Gasteiger partial charge in [-0.25, -0.2) is 0 Å². The van der Waals surface area contributed by atoms with Gasteiger partial charge in [-0.3, -0.25) is 10.1 Å². The maximum atomic E-state index is 12.0. The molecule has 6 heteroatoms. The summed E-state index contributed by atoms with van der Waals surface area (Å²) < 4.78 is 5.52. The first kappa shape index (κ1) is 16.1. The van der Waals surface area contributed by atoms with Crippen molar-refractivity contribution >= 4 is 22.4 Å². The number of amides is 1. The number of hydrogen-bond acceptors (Lipinski definition) is 5. The second-order valence-corrected chi connectivity index (χ2v) is 6.33. The smallest absolute Gasteiger partial charge is 0.264 e. The quantitative estimate of drug-likeness (QED) is 0.747. The molecule has 122 valence electrons.